The van der Waals surface area contributed by atoms with Crippen molar-refractivity contribution >= 4 is 28.6 Å². The highest BCUT2D eigenvalue weighted by molar-refractivity contribution is 5.97. The lowest BCUT2D eigenvalue weighted by Gasteiger charge is -2.33. The Morgan fingerprint density at radius 1 is 0.966 bits per heavy atom. The summed E-state index contributed by atoms with van der Waals surface area (Å²) in [5, 5.41) is 0. The number of benzene rings is 2. The average Bonchev–Trinajstić information content (AvgIpc) is 2.76. The fourth-order valence-electron chi connectivity index (χ4n) is 3.55. The molecule has 0 aliphatic carbocycles. The minimum absolute atomic E-state index is 0.0405. The summed E-state index contributed by atoms with van der Waals surface area (Å²) in [7, 11) is 5.20. The Bertz CT molecular complexity index is 1050. The number of para-hydroxylation sites is 2. The summed E-state index contributed by atoms with van der Waals surface area (Å²) in [5.74, 6) is 2.76. The number of hydrogen-bond acceptors (Lipinski definition) is 6. The molecule has 1 aliphatic rings. The molecule has 0 unspecified atom stereocenters. The van der Waals surface area contributed by atoms with Crippen molar-refractivity contribution in [3.8, 4) is 11.5 Å². The summed E-state index contributed by atoms with van der Waals surface area (Å²) >= 11 is 0. The molecule has 0 spiro atoms. The Morgan fingerprint density at radius 3 is 2.34 bits per heavy atom. The number of nitrogens with zero attached hydrogens (tertiary/aromatic N) is 4. The van der Waals surface area contributed by atoms with Crippen LogP contribution < -0.4 is 19.3 Å². The molecule has 0 bridgehead atoms. The van der Waals surface area contributed by atoms with Gasteiger partial charge in [0.05, 0.1) is 25.3 Å². The molecule has 0 saturated heterocycles. The maximum absolute atomic E-state index is 13.0. The van der Waals surface area contributed by atoms with E-state index in [2.05, 4.69) is 0 Å². The number of carbonyl (C=O) groups excluding carboxylic acids is 1. The standard InChI is InChI=1S/C22H24N4O3/c1-25-12-13-26(22-21(25)23-16-6-4-5-7-17(16)24-22)20(27)11-9-15-8-10-18(28-2)19(14-15)29-3/h4-8,10,14H,9,11-13H2,1-3H3. The van der Waals surface area contributed by atoms with Crippen LogP contribution in [0.5, 0.6) is 11.5 Å². The minimum Gasteiger partial charge on any atom is -0.493 e. The molecule has 3 aromatic rings. The Balaban J connectivity index is 1.56. The summed E-state index contributed by atoms with van der Waals surface area (Å²) in [4.78, 5) is 26.3. The number of rotatable bonds is 5. The van der Waals surface area contributed by atoms with Gasteiger partial charge in [-0.2, -0.15) is 0 Å². The molecule has 150 valence electrons. The molecular weight excluding hydrogens is 368 g/mol. The molecule has 2 heterocycles. The Kier molecular flexibility index (Phi) is 5.20. The highest BCUT2D eigenvalue weighted by Crippen LogP contribution is 2.32. The van der Waals surface area contributed by atoms with E-state index in [0.717, 1.165) is 29.0 Å². The van der Waals surface area contributed by atoms with Crippen molar-refractivity contribution in [2.24, 2.45) is 0 Å². The lowest BCUT2D eigenvalue weighted by molar-refractivity contribution is -0.118. The van der Waals surface area contributed by atoms with Crippen LogP contribution in [0.2, 0.25) is 0 Å². The molecule has 0 radical (unpaired) electrons. The first-order valence-corrected chi connectivity index (χ1v) is 9.60. The lowest BCUT2D eigenvalue weighted by Crippen LogP contribution is -2.43. The van der Waals surface area contributed by atoms with Crippen LogP contribution in [0.15, 0.2) is 42.5 Å². The van der Waals surface area contributed by atoms with Gasteiger partial charge in [-0.3, -0.25) is 9.69 Å². The van der Waals surface area contributed by atoms with Crippen molar-refractivity contribution in [3.05, 3.63) is 48.0 Å². The number of anilines is 2. The molecular formula is C22H24N4O3. The van der Waals surface area contributed by atoms with Gasteiger partial charge in [-0.05, 0) is 36.2 Å². The predicted molar refractivity (Wildman–Crippen MR) is 113 cm³/mol. The molecule has 0 atom stereocenters. The van der Waals surface area contributed by atoms with Crippen LogP contribution in [0.1, 0.15) is 12.0 Å². The van der Waals surface area contributed by atoms with Crippen molar-refractivity contribution < 1.29 is 14.3 Å². The number of carbonyl (C=O) groups is 1. The van der Waals surface area contributed by atoms with E-state index in [1.165, 1.54) is 0 Å². The number of methoxy groups -OCH3 is 2. The number of amides is 1. The third kappa shape index (κ3) is 3.68. The monoisotopic (exact) mass is 392 g/mol. The van der Waals surface area contributed by atoms with Gasteiger partial charge in [-0.15, -0.1) is 0 Å². The highest BCUT2D eigenvalue weighted by Gasteiger charge is 2.28. The largest absolute Gasteiger partial charge is 0.493 e. The van der Waals surface area contributed by atoms with Gasteiger partial charge in [0.1, 0.15) is 0 Å². The van der Waals surface area contributed by atoms with Crippen molar-refractivity contribution in [2.75, 3.05) is 44.2 Å². The summed E-state index contributed by atoms with van der Waals surface area (Å²) in [5.41, 5.74) is 2.65. The molecule has 7 nitrogen and oxygen atoms in total. The van der Waals surface area contributed by atoms with E-state index in [4.69, 9.17) is 19.4 Å². The van der Waals surface area contributed by atoms with E-state index in [0.29, 0.717) is 36.7 Å². The van der Waals surface area contributed by atoms with Crippen molar-refractivity contribution in [3.63, 3.8) is 0 Å². The van der Waals surface area contributed by atoms with E-state index in [1.54, 1.807) is 19.1 Å². The molecule has 29 heavy (non-hydrogen) atoms. The minimum atomic E-state index is 0.0405. The Morgan fingerprint density at radius 2 is 1.66 bits per heavy atom. The van der Waals surface area contributed by atoms with Crippen LogP contribution >= 0.6 is 0 Å². The van der Waals surface area contributed by atoms with Gasteiger partial charge in [0, 0.05) is 26.6 Å². The number of aryl methyl sites for hydroxylation is 1. The number of fused-ring (bicyclic) bond motifs is 2. The van der Waals surface area contributed by atoms with Gasteiger partial charge >= 0.3 is 0 Å². The average molecular weight is 392 g/mol. The van der Waals surface area contributed by atoms with Crippen LogP contribution in [-0.2, 0) is 11.2 Å². The SMILES string of the molecule is COc1ccc(CCC(=O)N2CCN(C)c3nc4ccccc4nc32)cc1OC. The number of aromatic nitrogens is 2. The van der Waals surface area contributed by atoms with Gasteiger partial charge in [0.15, 0.2) is 23.1 Å². The maximum atomic E-state index is 13.0. The van der Waals surface area contributed by atoms with E-state index in [-0.39, 0.29) is 5.91 Å². The summed E-state index contributed by atoms with van der Waals surface area (Å²) < 4.78 is 10.6. The van der Waals surface area contributed by atoms with Gasteiger partial charge < -0.3 is 14.4 Å². The number of hydrogen-bond donors (Lipinski definition) is 0. The van der Waals surface area contributed by atoms with Crippen LogP contribution in [0.25, 0.3) is 11.0 Å². The quantitative estimate of drug-likeness (QED) is 0.665. The van der Waals surface area contributed by atoms with E-state index in [1.807, 2.05) is 54.4 Å². The zero-order valence-electron chi connectivity index (χ0n) is 16.9. The van der Waals surface area contributed by atoms with Gasteiger partial charge in [-0.1, -0.05) is 18.2 Å². The third-order valence-corrected chi connectivity index (χ3v) is 5.19. The van der Waals surface area contributed by atoms with E-state index >= 15 is 0 Å². The first kappa shape index (κ1) is 19.0. The van der Waals surface area contributed by atoms with Crippen LogP contribution in [0.3, 0.4) is 0 Å². The van der Waals surface area contributed by atoms with Gasteiger partial charge in [-0.25, -0.2) is 9.97 Å². The first-order chi connectivity index (χ1) is 14.1. The molecule has 0 saturated carbocycles. The molecule has 4 rings (SSSR count). The number of likely N-dealkylation sites (N-methyl/N-ethyl adjacent to an activating group) is 1. The highest BCUT2D eigenvalue weighted by atomic mass is 16.5. The molecule has 1 amide bonds. The van der Waals surface area contributed by atoms with Crippen LogP contribution in [0.4, 0.5) is 11.6 Å². The Labute approximate surface area is 169 Å². The Hall–Kier alpha value is -3.35. The zero-order chi connectivity index (χ0) is 20.4. The van der Waals surface area contributed by atoms with Crippen molar-refractivity contribution in [2.45, 2.75) is 12.8 Å². The van der Waals surface area contributed by atoms with Gasteiger partial charge in [0.25, 0.3) is 0 Å². The molecule has 0 fully saturated rings. The summed E-state index contributed by atoms with van der Waals surface area (Å²) in [6, 6.07) is 13.5. The van der Waals surface area contributed by atoms with Crippen LogP contribution in [0, 0.1) is 0 Å². The summed E-state index contributed by atoms with van der Waals surface area (Å²) in [6.07, 6.45) is 0.995. The third-order valence-electron chi connectivity index (χ3n) is 5.19. The van der Waals surface area contributed by atoms with Gasteiger partial charge in [0.2, 0.25) is 5.91 Å². The normalized spacial score (nSPS) is 13.3. The van der Waals surface area contributed by atoms with Crippen molar-refractivity contribution in [1.29, 1.82) is 0 Å². The van der Waals surface area contributed by atoms with Crippen molar-refractivity contribution in [1.82, 2.24) is 9.97 Å². The first-order valence-electron chi connectivity index (χ1n) is 9.60. The second-order valence-corrected chi connectivity index (χ2v) is 7.02. The van der Waals surface area contributed by atoms with E-state index in [9.17, 15) is 4.79 Å². The summed E-state index contributed by atoms with van der Waals surface area (Å²) in [6.45, 7) is 1.32. The molecule has 7 heteroatoms. The fourth-order valence-corrected chi connectivity index (χ4v) is 3.55. The van der Waals surface area contributed by atoms with Crippen LogP contribution in [-0.4, -0.2) is 50.2 Å². The molecule has 1 aromatic heterocycles. The maximum Gasteiger partial charge on any atom is 0.228 e. The smallest absolute Gasteiger partial charge is 0.228 e. The topological polar surface area (TPSA) is 67.8 Å². The van der Waals surface area contributed by atoms with E-state index < -0.39 is 0 Å². The fraction of sp³-hybridized carbons (Fsp3) is 0.318. The second kappa shape index (κ2) is 7.95. The molecule has 0 N–H and O–H groups in total. The zero-order valence-corrected chi connectivity index (χ0v) is 16.9. The molecule has 1 aliphatic heterocycles. The second-order valence-electron chi connectivity index (χ2n) is 7.02. The lowest BCUT2D eigenvalue weighted by atomic mass is 10.1. The predicted octanol–water partition coefficient (Wildman–Crippen LogP) is 3.06. The molecule has 2 aromatic carbocycles. The number of ether oxygens (including phenoxy) is 2.